The van der Waals surface area contributed by atoms with Gasteiger partial charge in [0.25, 0.3) is 5.91 Å². The third-order valence-electron chi connectivity index (χ3n) is 2.72. The van der Waals surface area contributed by atoms with E-state index in [1.54, 1.807) is 4.98 Å². The summed E-state index contributed by atoms with van der Waals surface area (Å²) >= 11 is 0.129. The second-order valence-electron chi connectivity index (χ2n) is 4.21. The Bertz CT molecular complexity index is 810. The van der Waals surface area contributed by atoms with Gasteiger partial charge in [-0.2, -0.15) is 13.2 Å². The largest absolute Gasteiger partial charge is 0.465 e. The van der Waals surface area contributed by atoms with Crippen molar-refractivity contribution in [2.75, 3.05) is 12.4 Å². The van der Waals surface area contributed by atoms with Crippen molar-refractivity contribution in [3.63, 3.8) is 0 Å². The summed E-state index contributed by atoms with van der Waals surface area (Å²) in [4.78, 5) is 34.5. The van der Waals surface area contributed by atoms with Gasteiger partial charge in [-0.25, -0.2) is 4.79 Å². The highest BCUT2D eigenvalue weighted by Crippen LogP contribution is 2.31. The summed E-state index contributed by atoms with van der Waals surface area (Å²) in [5.74, 6) is -1.92. The van der Waals surface area contributed by atoms with E-state index in [2.05, 4.69) is 10.1 Å². The predicted octanol–water partition coefficient (Wildman–Crippen LogP) is 2.49. The SMILES string of the molecule is COC(=O)c1ccccc1NC(=O)c1sc(=O)[nH]c1C(F)(F)F. The molecule has 1 amide bonds. The monoisotopic (exact) mass is 346 g/mol. The zero-order chi connectivity index (χ0) is 17.2. The maximum absolute atomic E-state index is 12.8. The normalized spacial score (nSPS) is 11.1. The van der Waals surface area contributed by atoms with E-state index in [-0.39, 0.29) is 22.6 Å². The second kappa shape index (κ2) is 6.24. The lowest BCUT2D eigenvalue weighted by molar-refractivity contribution is -0.141. The van der Waals surface area contributed by atoms with Gasteiger partial charge < -0.3 is 15.0 Å². The van der Waals surface area contributed by atoms with Crippen molar-refractivity contribution in [1.82, 2.24) is 4.98 Å². The highest BCUT2D eigenvalue weighted by molar-refractivity contribution is 7.11. The van der Waals surface area contributed by atoms with Crippen molar-refractivity contribution in [2.45, 2.75) is 6.18 Å². The van der Waals surface area contributed by atoms with Crippen LogP contribution in [0.3, 0.4) is 0 Å². The van der Waals surface area contributed by atoms with E-state index in [4.69, 9.17) is 0 Å². The predicted molar refractivity (Wildman–Crippen MR) is 75.7 cm³/mol. The van der Waals surface area contributed by atoms with Gasteiger partial charge in [0.2, 0.25) is 0 Å². The number of carbonyl (C=O) groups excluding carboxylic acids is 2. The summed E-state index contributed by atoms with van der Waals surface area (Å²) < 4.78 is 42.9. The number of nitrogens with one attached hydrogen (secondary N) is 2. The maximum Gasteiger partial charge on any atom is 0.432 e. The van der Waals surface area contributed by atoms with E-state index in [1.165, 1.54) is 24.3 Å². The molecule has 2 N–H and O–H groups in total. The van der Waals surface area contributed by atoms with Crippen LogP contribution < -0.4 is 10.2 Å². The van der Waals surface area contributed by atoms with Crippen molar-refractivity contribution in [3.05, 3.63) is 50.1 Å². The number of methoxy groups -OCH3 is 1. The van der Waals surface area contributed by atoms with Crippen molar-refractivity contribution in [2.24, 2.45) is 0 Å². The maximum atomic E-state index is 12.8. The lowest BCUT2D eigenvalue weighted by Gasteiger charge is -2.10. The number of ether oxygens (including phenoxy) is 1. The van der Waals surface area contributed by atoms with Crippen LogP contribution in [-0.4, -0.2) is 24.0 Å². The Morgan fingerprint density at radius 1 is 1.26 bits per heavy atom. The fraction of sp³-hybridized carbons (Fsp3) is 0.154. The lowest BCUT2D eigenvalue weighted by atomic mass is 10.1. The Labute approximate surface area is 130 Å². The van der Waals surface area contributed by atoms with Gasteiger partial charge in [-0.15, -0.1) is 0 Å². The number of thiazole rings is 1. The molecular weight excluding hydrogens is 337 g/mol. The number of alkyl halides is 3. The molecule has 6 nitrogen and oxygen atoms in total. The Hall–Kier alpha value is -2.62. The fourth-order valence-corrected chi connectivity index (χ4v) is 2.50. The van der Waals surface area contributed by atoms with Crippen LogP contribution in [0, 0.1) is 0 Å². The molecule has 10 heteroatoms. The van der Waals surface area contributed by atoms with Gasteiger partial charge in [0.1, 0.15) is 10.6 Å². The molecule has 23 heavy (non-hydrogen) atoms. The lowest BCUT2D eigenvalue weighted by Crippen LogP contribution is -2.19. The summed E-state index contributed by atoms with van der Waals surface area (Å²) in [7, 11) is 1.13. The molecule has 1 heterocycles. The van der Waals surface area contributed by atoms with Crippen molar-refractivity contribution < 1.29 is 27.5 Å². The molecule has 1 aromatic carbocycles. The van der Waals surface area contributed by atoms with Gasteiger partial charge in [0.05, 0.1) is 18.4 Å². The molecule has 0 radical (unpaired) electrons. The zero-order valence-electron chi connectivity index (χ0n) is 11.5. The summed E-state index contributed by atoms with van der Waals surface area (Å²) in [6, 6.07) is 5.64. The van der Waals surface area contributed by atoms with E-state index in [0.717, 1.165) is 7.11 Å². The number of H-pyrrole nitrogens is 1. The molecule has 0 bridgehead atoms. The number of amides is 1. The summed E-state index contributed by atoms with van der Waals surface area (Å²) in [6.07, 6.45) is -4.88. The number of benzene rings is 1. The number of anilines is 1. The Morgan fingerprint density at radius 2 is 1.91 bits per heavy atom. The van der Waals surface area contributed by atoms with Gasteiger partial charge >= 0.3 is 17.0 Å². The minimum absolute atomic E-state index is 0.0280. The first-order valence-corrected chi connectivity index (χ1v) is 6.84. The van der Waals surface area contributed by atoms with Crippen molar-refractivity contribution >= 4 is 28.9 Å². The molecule has 0 unspecified atom stereocenters. The molecule has 0 aliphatic carbocycles. The highest BCUT2D eigenvalue weighted by Gasteiger charge is 2.38. The molecule has 0 spiro atoms. The first-order chi connectivity index (χ1) is 10.7. The van der Waals surface area contributed by atoms with Gasteiger partial charge in [0.15, 0.2) is 0 Å². The number of aromatic amines is 1. The number of rotatable bonds is 3. The quantitative estimate of drug-likeness (QED) is 0.836. The number of hydrogen-bond donors (Lipinski definition) is 2. The van der Waals surface area contributed by atoms with Crippen LogP contribution in [0.1, 0.15) is 25.7 Å². The van der Waals surface area contributed by atoms with E-state index < -0.39 is 33.5 Å². The highest BCUT2D eigenvalue weighted by atomic mass is 32.1. The third-order valence-corrected chi connectivity index (χ3v) is 3.60. The summed E-state index contributed by atoms with van der Waals surface area (Å²) in [5.41, 5.74) is -1.49. The summed E-state index contributed by atoms with van der Waals surface area (Å²) in [6.45, 7) is 0. The van der Waals surface area contributed by atoms with Crippen molar-refractivity contribution in [1.29, 1.82) is 0 Å². The summed E-state index contributed by atoms with van der Waals surface area (Å²) in [5, 5.41) is 2.18. The Morgan fingerprint density at radius 3 is 2.52 bits per heavy atom. The minimum Gasteiger partial charge on any atom is -0.465 e. The Kier molecular flexibility index (Phi) is 4.55. The van der Waals surface area contributed by atoms with Crippen LogP contribution in [0.2, 0.25) is 0 Å². The molecule has 0 atom stereocenters. The zero-order valence-corrected chi connectivity index (χ0v) is 12.3. The van der Waals surface area contributed by atoms with Crippen LogP contribution >= 0.6 is 11.3 Å². The minimum atomic E-state index is -4.88. The van der Waals surface area contributed by atoms with E-state index in [9.17, 15) is 27.6 Å². The van der Waals surface area contributed by atoms with Crippen LogP contribution in [-0.2, 0) is 10.9 Å². The van der Waals surface area contributed by atoms with Crippen LogP contribution in [0.5, 0.6) is 0 Å². The molecular formula is C13H9F3N2O4S. The van der Waals surface area contributed by atoms with E-state index in [0.29, 0.717) is 0 Å². The van der Waals surface area contributed by atoms with Crippen LogP contribution in [0.15, 0.2) is 29.1 Å². The molecule has 2 rings (SSSR count). The number of aromatic nitrogens is 1. The number of halogens is 3. The number of carbonyl (C=O) groups is 2. The first-order valence-electron chi connectivity index (χ1n) is 6.03. The molecule has 0 saturated carbocycles. The van der Waals surface area contributed by atoms with E-state index >= 15 is 0 Å². The molecule has 0 aliphatic heterocycles. The fourth-order valence-electron chi connectivity index (χ4n) is 1.75. The average Bonchev–Trinajstić information content (AvgIpc) is 2.89. The second-order valence-corrected chi connectivity index (χ2v) is 5.19. The van der Waals surface area contributed by atoms with Gasteiger partial charge in [-0.1, -0.05) is 23.5 Å². The standard InChI is InChI=1S/C13H9F3N2O4S/c1-22-11(20)6-4-2-3-5-7(6)17-10(19)8-9(13(14,15)16)18-12(21)23-8/h2-5H,1H3,(H,17,19)(H,18,21). The number of hydrogen-bond acceptors (Lipinski definition) is 5. The Balaban J connectivity index is 2.38. The van der Waals surface area contributed by atoms with Gasteiger partial charge in [0, 0.05) is 0 Å². The average molecular weight is 346 g/mol. The molecule has 1 aromatic heterocycles. The van der Waals surface area contributed by atoms with Crippen LogP contribution in [0.25, 0.3) is 0 Å². The first kappa shape index (κ1) is 16.7. The molecule has 0 saturated heterocycles. The van der Waals surface area contributed by atoms with Gasteiger partial charge in [-0.05, 0) is 12.1 Å². The van der Waals surface area contributed by atoms with Crippen molar-refractivity contribution in [3.8, 4) is 0 Å². The number of esters is 1. The van der Waals surface area contributed by atoms with Crippen LogP contribution in [0.4, 0.5) is 18.9 Å². The molecule has 2 aromatic rings. The molecule has 122 valence electrons. The molecule has 0 aliphatic rings. The third kappa shape index (κ3) is 3.59. The smallest absolute Gasteiger partial charge is 0.432 e. The topological polar surface area (TPSA) is 88.3 Å². The van der Waals surface area contributed by atoms with Gasteiger partial charge in [-0.3, -0.25) is 9.59 Å². The number of para-hydroxylation sites is 1. The van der Waals surface area contributed by atoms with E-state index in [1.807, 2.05) is 0 Å². The molecule has 0 fully saturated rings.